The molecule has 0 aromatic carbocycles. The minimum Gasteiger partial charge on any atom is -0.462 e. The molecule has 0 heterocycles. The molecule has 51 heavy (non-hydrogen) atoms. The summed E-state index contributed by atoms with van der Waals surface area (Å²) in [6, 6.07) is 0. The van der Waals surface area contributed by atoms with Crippen LogP contribution in [-0.4, -0.2) is 35.2 Å². The van der Waals surface area contributed by atoms with Crippen molar-refractivity contribution in [2.75, 3.05) is 0 Å². The number of hydrogen-bond donors (Lipinski definition) is 0. The minimum atomic E-state index is -0.461. The highest BCUT2D eigenvalue weighted by Crippen LogP contribution is 2.68. The lowest BCUT2D eigenvalue weighted by Crippen LogP contribution is -2.54. The van der Waals surface area contributed by atoms with E-state index in [-0.39, 0.29) is 47.1 Å². The average Bonchev–Trinajstić information content (AvgIpc) is 3.58. The van der Waals surface area contributed by atoms with Gasteiger partial charge in [-0.15, -0.1) is 0 Å². The molecule has 0 aromatic rings. The predicted molar refractivity (Wildman–Crippen MR) is 196 cm³/mol. The Bertz CT molecular complexity index is 1520. The Kier molecular flexibility index (Phi) is 9.09. The molecule has 0 spiro atoms. The molecule has 0 N–H and O–H groups in total. The molecule has 0 aromatic heterocycles. The maximum Gasteiger partial charge on any atom is 0.306 e. The molecule has 6 heteroatoms. The van der Waals surface area contributed by atoms with Gasteiger partial charge in [-0.1, -0.05) is 38.8 Å². The van der Waals surface area contributed by atoms with E-state index in [9.17, 15) is 19.2 Å². The molecule has 0 radical (unpaired) electrons. The zero-order chi connectivity index (χ0) is 35.9. The summed E-state index contributed by atoms with van der Waals surface area (Å²) in [7, 11) is 0. The van der Waals surface area contributed by atoms with Gasteiger partial charge in [-0.25, -0.2) is 0 Å². The van der Waals surface area contributed by atoms with Crippen molar-refractivity contribution in [1.29, 1.82) is 0 Å². The minimum absolute atomic E-state index is 0.00222. The molecular weight excluding hydrogens is 636 g/mol. The summed E-state index contributed by atoms with van der Waals surface area (Å²) < 4.78 is 12.8. The molecule has 6 saturated carbocycles. The second kappa shape index (κ2) is 13.0. The first-order valence-corrected chi connectivity index (χ1v) is 21.2. The summed E-state index contributed by atoms with van der Waals surface area (Å²) in [6.07, 6.45) is 21.1. The molecule has 8 aliphatic carbocycles. The molecule has 0 bridgehead atoms. The Morgan fingerprint density at radius 1 is 0.765 bits per heavy atom. The van der Waals surface area contributed by atoms with Gasteiger partial charge in [0, 0.05) is 36.5 Å². The van der Waals surface area contributed by atoms with Gasteiger partial charge in [0.2, 0.25) is 0 Å². The van der Waals surface area contributed by atoms with Gasteiger partial charge in [-0.2, -0.15) is 0 Å². The molecule has 13 atom stereocenters. The van der Waals surface area contributed by atoms with E-state index in [2.05, 4.69) is 34.6 Å². The van der Waals surface area contributed by atoms with E-state index in [0.29, 0.717) is 78.2 Å². The van der Waals surface area contributed by atoms with E-state index >= 15 is 0 Å². The van der Waals surface area contributed by atoms with E-state index in [4.69, 9.17) is 9.47 Å². The number of allylic oxidation sites excluding steroid dienone is 2. The average molecular weight is 701 g/mol. The zero-order valence-corrected chi connectivity index (χ0v) is 32.2. The van der Waals surface area contributed by atoms with Gasteiger partial charge in [0.15, 0.2) is 11.6 Å². The molecular formula is C45H64O6. The molecule has 280 valence electrons. The number of fused-ring (bicyclic) bond motifs is 10. The third-order valence-corrected chi connectivity index (χ3v) is 17.7. The van der Waals surface area contributed by atoms with Crippen molar-refractivity contribution >= 4 is 23.5 Å². The Labute approximate surface area is 306 Å². The second-order valence-electron chi connectivity index (χ2n) is 19.6. The SMILES string of the molecule is CCC12CCC3C4CCC(=O)C=C4CCC3C1CCC2(C)OC(=O)CCCC(=O)OC1CCC2C3C(C)CC4=CC(=O)CCC4(C)C3CCC12C. The van der Waals surface area contributed by atoms with Crippen LogP contribution in [-0.2, 0) is 28.7 Å². The Morgan fingerprint density at radius 2 is 1.53 bits per heavy atom. The molecule has 0 saturated heterocycles. The molecule has 0 aliphatic heterocycles. The summed E-state index contributed by atoms with van der Waals surface area (Å²) in [5, 5.41) is 0. The smallest absolute Gasteiger partial charge is 0.306 e. The summed E-state index contributed by atoms with van der Waals surface area (Å²) in [5.74, 6) is 5.08. The van der Waals surface area contributed by atoms with Gasteiger partial charge >= 0.3 is 11.9 Å². The van der Waals surface area contributed by atoms with E-state index in [0.717, 1.165) is 77.0 Å². The van der Waals surface area contributed by atoms with E-state index in [1.165, 1.54) is 24.0 Å². The third-order valence-electron chi connectivity index (χ3n) is 17.7. The number of carbonyl (C=O) groups excluding carboxylic acids is 4. The van der Waals surface area contributed by atoms with Crippen LogP contribution in [0.15, 0.2) is 23.3 Å². The lowest BCUT2D eigenvalue weighted by atomic mass is 9.45. The third kappa shape index (κ3) is 5.59. The first-order valence-electron chi connectivity index (χ1n) is 21.2. The first-order chi connectivity index (χ1) is 24.3. The number of rotatable bonds is 7. The highest BCUT2D eigenvalue weighted by molar-refractivity contribution is 5.92. The Balaban J connectivity index is 0.850. The number of carbonyl (C=O) groups is 4. The molecule has 13 unspecified atom stereocenters. The van der Waals surface area contributed by atoms with Gasteiger partial charge in [0.05, 0.1) is 0 Å². The van der Waals surface area contributed by atoms with Crippen molar-refractivity contribution < 1.29 is 28.7 Å². The number of hydrogen-bond acceptors (Lipinski definition) is 6. The molecule has 6 nitrogen and oxygen atoms in total. The van der Waals surface area contributed by atoms with Gasteiger partial charge in [-0.05, 0) is 168 Å². The predicted octanol–water partition coefficient (Wildman–Crippen LogP) is 9.68. The number of ether oxygens (including phenoxy) is 2. The molecule has 0 amide bonds. The van der Waals surface area contributed by atoms with Gasteiger partial charge in [0.1, 0.15) is 11.7 Å². The summed E-state index contributed by atoms with van der Waals surface area (Å²) in [6.45, 7) is 11.7. The standard InChI is InChI=1S/C45H64O6/c1-6-45-23-17-33-32-13-11-30(46)25-28(32)10-12-34(33)35(45)19-22-44(45,5)51-40(49)9-7-8-39(48)50-38-15-14-36-41-27(2)24-29-26-31(47)16-20-42(29,3)37(41)18-21-43(36,38)4/h25-27,32-38,41H,6-24H2,1-5H3. The molecule has 8 aliphatic rings. The van der Waals surface area contributed by atoms with Crippen molar-refractivity contribution in [3.63, 3.8) is 0 Å². The quantitative estimate of drug-likeness (QED) is 0.246. The maximum atomic E-state index is 13.5. The lowest BCUT2D eigenvalue weighted by molar-refractivity contribution is -0.182. The van der Waals surface area contributed by atoms with Crippen molar-refractivity contribution in [1.82, 2.24) is 0 Å². The Hall–Kier alpha value is -2.24. The van der Waals surface area contributed by atoms with E-state index in [1.807, 2.05) is 12.2 Å². The summed E-state index contributed by atoms with van der Waals surface area (Å²) >= 11 is 0. The van der Waals surface area contributed by atoms with Crippen LogP contribution in [0, 0.1) is 63.6 Å². The fraction of sp³-hybridized carbons (Fsp3) is 0.822. The van der Waals surface area contributed by atoms with Crippen LogP contribution in [0.4, 0.5) is 0 Å². The zero-order valence-electron chi connectivity index (χ0n) is 32.2. The van der Waals surface area contributed by atoms with Gasteiger partial charge < -0.3 is 9.47 Å². The van der Waals surface area contributed by atoms with E-state index in [1.54, 1.807) is 0 Å². The summed E-state index contributed by atoms with van der Waals surface area (Å²) in [4.78, 5) is 51.3. The number of ketones is 2. The monoisotopic (exact) mass is 700 g/mol. The van der Waals surface area contributed by atoms with Crippen LogP contribution in [0.25, 0.3) is 0 Å². The van der Waals surface area contributed by atoms with Crippen LogP contribution < -0.4 is 0 Å². The van der Waals surface area contributed by atoms with Crippen molar-refractivity contribution in [3.8, 4) is 0 Å². The van der Waals surface area contributed by atoms with Crippen LogP contribution in [0.2, 0.25) is 0 Å². The van der Waals surface area contributed by atoms with Gasteiger partial charge in [-0.3, -0.25) is 19.2 Å². The van der Waals surface area contributed by atoms with Crippen molar-refractivity contribution in [3.05, 3.63) is 23.3 Å². The maximum absolute atomic E-state index is 13.5. The molecule has 6 fully saturated rings. The van der Waals surface area contributed by atoms with E-state index < -0.39 is 5.60 Å². The van der Waals surface area contributed by atoms with Gasteiger partial charge in [0.25, 0.3) is 0 Å². The van der Waals surface area contributed by atoms with Crippen LogP contribution >= 0.6 is 0 Å². The Morgan fingerprint density at radius 3 is 2.33 bits per heavy atom. The fourth-order valence-electron chi connectivity index (χ4n) is 15.1. The highest BCUT2D eigenvalue weighted by atomic mass is 16.6. The van der Waals surface area contributed by atoms with Crippen molar-refractivity contribution in [2.24, 2.45) is 63.6 Å². The van der Waals surface area contributed by atoms with Crippen LogP contribution in [0.1, 0.15) is 157 Å². The second-order valence-corrected chi connectivity index (χ2v) is 19.6. The van der Waals surface area contributed by atoms with Crippen LogP contribution in [0.3, 0.4) is 0 Å². The summed E-state index contributed by atoms with van der Waals surface area (Å²) in [5.41, 5.74) is 2.50. The topological polar surface area (TPSA) is 86.7 Å². The fourth-order valence-corrected chi connectivity index (χ4v) is 15.1. The first kappa shape index (κ1) is 35.8. The largest absolute Gasteiger partial charge is 0.462 e. The normalized spacial score (nSPS) is 47.0. The highest BCUT2D eigenvalue weighted by Gasteiger charge is 2.65. The lowest BCUT2D eigenvalue weighted by Gasteiger charge is -2.59. The number of esters is 2. The van der Waals surface area contributed by atoms with Crippen LogP contribution in [0.5, 0.6) is 0 Å². The molecule has 8 rings (SSSR count). The van der Waals surface area contributed by atoms with Crippen molar-refractivity contribution in [2.45, 2.75) is 168 Å².